The number of carbonyl (C=O) groups excluding carboxylic acids is 8. The molecule has 5 aromatic carbocycles. The largest absolute Gasteiger partial charge is 0.508 e. The van der Waals surface area contributed by atoms with Gasteiger partial charge in [-0.3, -0.25) is 38.4 Å². The molecule has 2 unspecified atom stereocenters. The number of nitrogens with zero attached hydrogens (tertiary/aromatic N) is 1. The van der Waals surface area contributed by atoms with Gasteiger partial charge in [0.15, 0.2) is 29.7 Å². The van der Waals surface area contributed by atoms with Gasteiger partial charge in [-0.25, -0.2) is 0 Å². The smallest absolute Gasteiger partial charge is 0.248 e. The molecule has 11 bridgehead atoms. The third-order valence-electron chi connectivity index (χ3n) is 19.3. The zero-order chi connectivity index (χ0) is 76.0. The first-order valence-corrected chi connectivity index (χ1v) is 33.9. The zero-order valence-electron chi connectivity index (χ0n) is 57.7. The van der Waals surface area contributed by atoms with Crippen molar-refractivity contribution in [3.05, 3.63) is 116 Å². The molecular weight excluding hydrogens is 1410 g/mol. The number of aromatic hydroxyl groups is 3. The van der Waals surface area contributed by atoms with E-state index in [1.165, 1.54) is 38.2 Å². The van der Waals surface area contributed by atoms with E-state index in [4.69, 9.17) is 57.4 Å². The molecule has 0 aromatic heterocycles. The molecule has 2 fully saturated rings. The molecule has 34 heteroatoms. The molecule has 7 aliphatic rings. The lowest BCUT2D eigenvalue weighted by Crippen LogP contribution is -2.65. The number of carbonyl (C=O) groups is 8. The fourth-order valence-electron chi connectivity index (χ4n) is 13.1. The third-order valence-corrected chi connectivity index (χ3v) is 19.9. The van der Waals surface area contributed by atoms with Crippen molar-refractivity contribution in [3.63, 3.8) is 0 Å². The monoisotopic (exact) mass is 1490 g/mol. The first kappa shape index (κ1) is 77.6. The number of nitrogens with one attached hydrogen (secondary N) is 7. The van der Waals surface area contributed by atoms with Gasteiger partial charge < -0.3 is 122 Å². The van der Waals surface area contributed by atoms with Crippen LogP contribution in [-0.4, -0.2) is 205 Å². The highest BCUT2D eigenvalue weighted by Crippen LogP contribution is 2.50. The number of likely N-dealkylation sites (N-methyl/N-ethyl adjacent to an activating group) is 2. The Labute approximate surface area is 605 Å². The van der Waals surface area contributed by atoms with E-state index >= 15 is 19.2 Å². The fraction of sp³-hybridized carbons (Fsp3) is 0.457. The number of hydrogen-bond donors (Lipinski definition) is 17. The molecule has 0 spiro atoms. The van der Waals surface area contributed by atoms with Gasteiger partial charge in [0.1, 0.15) is 95.5 Å². The van der Waals surface area contributed by atoms with Crippen LogP contribution in [0.4, 0.5) is 0 Å². The molecule has 18 N–H and O–H groups in total. The zero-order valence-corrected chi connectivity index (χ0v) is 59.2. The number of phenolic OH excluding ortho intramolecular Hbond substituents is 3. The van der Waals surface area contributed by atoms with Crippen LogP contribution in [0.3, 0.4) is 0 Å². The van der Waals surface area contributed by atoms with Crippen molar-refractivity contribution in [2.75, 3.05) is 27.7 Å². The Kier molecular flexibility index (Phi) is 23.4. The molecule has 5 aromatic rings. The number of rotatable bonds is 14. The van der Waals surface area contributed by atoms with E-state index in [0.717, 1.165) is 55.5 Å². The average molecular weight is 1490 g/mol. The molecular formula is C70H83Cl2N9O23. The molecule has 0 aliphatic carbocycles. The lowest BCUT2D eigenvalue weighted by atomic mass is 9.84. The second-order valence-corrected chi connectivity index (χ2v) is 28.0. The van der Waals surface area contributed by atoms with Gasteiger partial charge in [0, 0.05) is 23.1 Å². The molecule has 12 rings (SSSR count). The van der Waals surface area contributed by atoms with E-state index in [9.17, 15) is 65.1 Å². The van der Waals surface area contributed by atoms with Crippen LogP contribution in [0.2, 0.25) is 10.0 Å². The standard InChI is InChI=1S/C70H83Cl2N9O23/c1-26(2)16-38(74-7)63(93)79-53-56(88)31-11-14-42(36(71)18-31)100-44-20-33-21-45(60(44)104-69-61(59(91)58(90)46(25-82)102-69)103-48-24-70(6,81(8)9)62(92)29(5)99-48)101-43-15-12-32(19-37(43)72)57(89)54-68(98)76-50(28(4)83)35-22-41(85)27(3)55(87)49(35)34-17-30(10-13-40(34)84)51(65(95)80-54)78-66(96)52(33)77-64(94)39(23-47(73)86)75-67(53)97/h10-15,17-22,26,29,38-39,46,48,50-54,56-59,61-62,69,74,82,84-85,87-92H,16,23-25H2,1-9H3,(H2,73,86)(H,75,97)(H,76,98)(H,77,94)(H,78,96)(H,79,93)(H,80,95)/t29-,38+,39-,46+,48-,50+,51+,52+,53?,54-,56+,57+,58+,59-,61+,62+,69?,70-/m0/s1. The molecule has 7 aliphatic heterocycles. The quantitative estimate of drug-likeness (QED) is 0.0749. The van der Waals surface area contributed by atoms with E-state index in [2.05, 4.69) is 37.2 Å². The van der Waals surface area contributed by atoms with Gasteiger partial charge in [-0.2, -0.15) is 0 Å². The summed E-state index contributed by atoms with van der Waals surface area (Å²) in [7, 11) is 4.91. The number of benzene rings is 5. The number of halogens is 2. The lowest BCUT2D eigenvalue weighted by Gasteiger charge is -2.50. The van der Waals surface area contributed by atoms with Gasteiger partial charge in [0.05, 0.1) is 46.9 Å². The molecule has 2 saturated heterocycles. The van der Waals surface area contributed by atoms with E-state index in [1.54, 1.807) is 32.8 Å². The third kappa shape index (κ3) is 15.8. The fourth-order valence-corrected chi connectivity index (χ4v) is 13.6. The van der Waals surface area contributed by atoms with Crippen molar-refractivity contribution in [2.45, 2.75) is 170 Å². The lowest BCUT2D eigenvalue weighted by molar-refractivity contribution is -0.337. The van der Waals surface area contributed by atoms with Crippen molar-refractivity contribution < 1.29 is 113 Å². The van der Waals surface area contributed by atoms with Gasteiger partial charge in [-0.05, 0) is 144 Å². The maximum absolute atomic E-state index is 16.1. The van der Waals surface area contributed by atoms with Crippen LogP contribution in [0.25, 0.3) is 11.1 Å². The number of amides is 7. The van der Waals surface area contributed by atoms with Crippen LogP contribution >= 0.6 is 23.2 Å². The van der Waals surface area contributed by atoms with Crippen molar-refractivity contribution in [3.8, 4) is 57.1 Å². The van der Waals surface area contributed by atoms with Crippen molar-refractivity contribution in [1.82, 2.24) is 42.1 Å². The maximum atomic E-state index is 16.1. The number of ether oxygens (including phenoxy) is 6. The summed E-state index contributed by atoms with van der Waals surface area (Å²) < 4.78 is 39.0. The Hall–Kier alpha value is -9.00. The normalized spacial score (nSPS) is 29.0. The van der Waals surface area contributed by atoms with E-state index in [1.807, 2.05) is 13.8 Å². The Morgan fingerprint density at radius 3 is 1.90 bits per heavy atom. The number of ketones is 1. The molecule has 7 heterocycles. The first-order chi connectivity index (χ1) is 49.0. The van der Waals surface area contributed by atoms with Crippen LogP contribution < -0.4 is 57.2 Å². The molecule has 104 heavy (non-hydrogen) atoms. The number of Topliss-reactive ketones (excluding diaryl/α,β-unsaturated/α-hetero) is 1. The number of primary amides is 1. The first-order valence-electron chi connectivity index (χ1n) is 33.1. The molecule has 7 amide bonds. The van der Waals surface area contributed by atoms with Crippen molar-refractivity contribution in [2.24, 2.45) is 11.7 Å². The van der Waals surface area contributed by atoms with Crippen LogP contribution in [0.5, 0.6) is 46.0 Å². The minimum absolute atomic E-state index is 0.0744. The van der Waals surface area contributed by atoms with E-state index in [-0.39, 0.29) is 74.2 Å². The Bertz CT molecular complexity index is 4190. The Balaban J connectivity index is 1.24. The number of aliphatic hydroxyl groups is 6. The van der Waals surface area contributed by atoms with E-state index < -0.39 is 214 Å². The van der Waals surface area contributed by atoms with E-state index in [0.29, 0.717) is 0 Å². The molecule has 32 nitrogen and oxygen atoms in total. The minimum atomic E-state index is -2.31. The SMILES string of the molecule is CN[C@H](CC(C)C)C(=O)NC1C(=O)N[C@@H](CC(N)=O)C(=O)N[C@H]2C(=O)N[C@H]3C(=O)N[C@H](C(=O)N[C@H](C(C)=O)c4cc(O)c(C)c(O)c4-c4cc3ccc4O)[C@H](O)c3ccc(c(Cl)c3)Oc3cc2cc(c3OC2O[C@H](CO)[C@@H](O)[C@H](O)[C@H]2O[C@H]2C[C@](C)(N(C)C)[C@H](O)[C@H](C)O2)Oc2ccc(cc2Cl)[C@H]1O. The summed E-state index contributed by atoms with van der Waals surface area (Å²) in [5.74, 6) is -14.0. The van der Waals surface area contributed by atoms with Crippen LogP contribution in [0.15, 0.2) is 72.8 Å². The van der Waals surface area contributed by atoms with Crippen molar-refractivity contribution >= 4 is 70.3 Å². The van der Waals surface area contributed by atoms with Crippen LogP contribution in [0, 0.1) is 12.8 Å². The summed E-state index contributed by atoms with van der Waals surface area (Å²) in [6.45, 7) is 8.37. The van der Waals surface area contributed by atoms with Gasteiger partial charge >= 0.3 is 0 Å². The highest BCUT2D eigenvalue weighted by Gasteiger charge is 2.53. The average Bonchev–Trinajstić information content (AvgIpc) is 0.764. The number of hydrogen-bond acceptors (Lipinski definition) is 25. The molecule has 18 atom stereocenters. The summed E-state index contributed by atoms with van der Waals surface area (Å²) in [5.41, 5.74) is 2.45. The maximum Gasteiger partial charge on any atom is 0.248 e. The van der Waals surface area contributed by atoms with Crippen LogP contribution in [0.1, 0.15) is 118 Å². The number of phenols is 3. The van der Waals surface area contributed by atoms with Gasteiger partial charge in [0.25, 0.3) is 0 Å². The minimum Gasteiger partial charge on any atom is -0.508 e. The Morgan fingerprint density at radius 1 is 0.731 bits per heavy atom. The highest BCUT2D eigenvalue weighted by atomic mass is 35.5. The second kappa shape index (κ2) is 31.4. The van der Waals surface area contributed by atoms with Gasteiger partial charge in [-0.15, -0.1) is 0 Å². The predicted octanol–water partition coefficient (Wildman–Crippen LogP) is 1.52. The Morgan fingerprint density at radius 2 is 1.33 bits per heavy atom. The molecule has 560 valence electrons. The summed E-state index contributed by atoms with van der Waals surface area (Å²) in [6.07, 6.45) is -17.8. The topological polar surface area (TPSA) is 487 Å². The van der Waals surface area contributed by atoms with Gasteiger partial charge in [-0.1, -0.05) is 55.2 Å². The highest BCUT2D eigenvalue weighted by molar-refractivity contribution is 6.32. The number of nitrogens with two attached hydrogens (primary N) is 1. The summed E-state index contributed by atoms with van der Waals surface area (Å²) >= 11 is 14.2. The van der Waals surface area contributed by atoms with Crippen molar-refractivity contribution in [1.29, 1.82) is 0 Å². The number of fused-ring (bicyclic) bond motifs is 15. The van der Waals surface area contributed by atoms with Gasteiger partial charge in [0.2, 0.25) is 53.4 Å². The summed E-state index contributed by atoms with van der Waals surface area (Å²) in [6, 6.07) is -0.00248. The summed E-state index contributed by atoms with van der Waals surface area (Å²) in [5, 5.41) is 122. The number of aliphatic hydroxyl groups excluding tert-OH is 6. The molecule has 0 saturated carbocycles. The predicted molar refractivity (Wildman–Crippen MR) is 367 cm³/mol. The van der Waals surface area contributed by atoms with Crippen LogP contribution in [-0.2, 0) is 52.6 Å². The second-order valence-electron chi connectivity index (χ2n) is 27.1. The summed E-state index contributed by atoms with van der Waals surface area (Å²) in [4.78, 5) is 120. The molecule has 0 radical (unpaired) electrons.